The van der Waals surface area contributed by atoms with Crippen molar-refractivity contribution in [3.05, 3.63) is 89.2 Å². The maximum Gasteiger partial charge on any atom is 0.258 e. The summed E-state index contributed by atoms with van der Waals surface area (Å²) in [5, 5.41) is 21.8. The zero-order valence-electron chi connectivity index (χ0n) is 16.3. The van der Waals surface area contributed by atoms with Crippen LogP contribution in [0.4, 0.5) is 0 Å². The standard InChI is InChI=1S/C21H20Cl2N2O4/c1-10-7-15(26)18(20(28)24(10)3)17(12-5-6-13(22)14(23)9-12)19-16(27)8-11(2)25(4)21(19)29/h5-9,17,26-27H,1-4H3. The number of aromatic hydroxyl groups is 2. The van der Waals surface area contributed by atoms with Crippen LogP contribution < -0.4 is 11.1 Å². The highest BCUT2D eigenvalue weighted by Gasteiger charge is 2.30. The zero-order valence-corrected chi connectivity index (χ0v) is 17.8. The first-order chi connectivity index (χ1) is 13.5. The average Bonchev–Trinajstić information content (AvgIpc) is 2.65. The van der Waals surface area contributed by atoms with E-state index in [0.29, 0.717) is 22.0 Å². The van der Waals surface area contributed by atoms with Gasteiger partial charge in [-0.15, -0.1) is 0 Å². The molecule has 0 aliphatic heterocycles. The highest BCUT2D eigenvalue weighted by molar-refractivity contribution is 6.42. The largest absolute Gasteiger partial charge is 0.507 e. The van der Waals surface area contributed by atoms with Crippen LogP contribution in [0, 0.1) is 13.8 Å². The van der Waals surface area contributed by atoms with E-state index < -0.39 is 17.0 Å². The number of aryl methyl sites for hydroxylation is 2. The van der Waals surface area contributed by atoms with Crippen molar-refractivity contribution in [1.82, 2.24) is 9.13 Å². The lowest BCUT2D eigenvalue weighted by atomic mass is 9.85. The van der Waals surface area contributed by atoms with Crippen molar-refractivity contribution in [3.8, 4) is 11.5 Å². The second-order valence-electron chi connectivity index (χ2n) is 7.00. The predicted octanol–water partition coefficient (Wildman–Crippen LogP) is 3.60. The van der Waals surface area contributed by atoms with Crippen molar-refractivity contribution < 1.29 is 10.2 Å². The molecule has 0 radical (unpaired) electrons. The molecule has 0 bridgehead atoms. The van der Waals surface area contributed by atoms with Gasteiger partial charge in [-0.05, 0) is 43.7 Å². The molecule has 2 N–H and O–H groups in total. The van der Waals surface area contributed by atoms with Crippen molar-refractivity contribution in [2.45, 2.75) is 19.8 Å². The van der Waals surface area contributed by atoms with Gasteiger partial charge < -0.3 is 19.3 Å². The molecule has 3 rings (SSSR count). The average molecular weight is 435 g/mol. The Hall–Kier alpha value is -2.70. The number of aromatic nitrogens is 2. The lowest BCUT2D eigenvalue weighted by molar-refractivity contribution is 0.451. The van der Waals surface area contributed by atoms with E-state index in [9.17, 15) is 19.8 Å². The van der Waals surface area contributed by atoms with Crippen molar-refractivity contribution in [2.75, 3.05) is 0 Å². The van der Waals surface area contributed by atoms with Gasteiger partial charge in [0.15, 0.2) is 0 Å². The van der Waals surface area contributed by atoms with Gasteiger partial charge in [0, 0.05) is 25.5 Å². The van der Waals surface area contributed by atoms with Crippen LogP contribution in [0.3, 0.4) is 0 Å². The Labute approximate surface area is 177 Å². The minimum Gasteiger partial charge on any atom is -0.507 e. The van der Waals surface area contributed by atoms with Crippen molar-refractivity contribution >= 4 is 23.2 Å². The summed E-state index contributed by atoms with van der Waals surface area (Å²) in [6.07, 6.45) is 0. The number of hydrogen-bond acceptors (Lipinski definition) is 4. The minimum atomic E-state index is -1.05. The summed E-state index contributed by atoms with van der Waals surface area (Å²) < 4.78 is 2.74. The SMILES string of the molecule is Cc1cc(O)c(C(c2ccc(Cl)c(Cl)c2)c2c(O)cc(C)n(C)c2=O)c(=O)n1C. The first-order valence-corrected chi connectivity index (χ1v) is 9.54. The predicted molar refractivity (Wildman–Crippen MR) is 114 cm³/mol. The Balaban J connectivity index is 2.48. The number of pyridine rings is 2. The number of rotatable bonds is 3. The van der Waals surface area contributed by atoms with E-state index in [4.69, 9.17) is 23.2 Å². The van der Waals surface area contributed by atoms with Gasteiger partial charge in [0.25, 0.3) is 11.1 Å². The molecule has 1 aromatic carbocycles. The van der Waals surface area contributed by atoms with Crippen molar-refractivity contribution in [1.29, 1.82) is 0 Å². The Bertz CT molecular complexity index is 1170. The minimum absolute atomic E-state index is 0.0345. The van der Waals surface area contributed by atoms with E-state index in [-0.39, 0.29) is 27.6 Å². The summed E-state index contributed by atoms with van der Waals surface area (Å²) >= 11 is 12.2. The van der Waals surface area contributed by atoms with Crippen LogP contribution in [0.5, 0.6) is 11.5 Å². The molecule has 152 valence electrons. The normalized spacial score (nSPS) is 11.3. The van der Waals surface area contributed by atoms with Crippen LogP contribution in [-0.2, 0) is 14.1 Å². The molecule has 3 aromatic rings. The summed E-state index contributed by atoms with van der Waals surface area (Å²) in [6.45, 7) is 3.36. The molecule has 0 spiro atoms. The third-order valence-electron chi connectivity index (χ3n) is 5.23. The lowest BCUT2D eigenvalue weighted by Crippen LogP contribution is -2.30. The maximum absolute atomic E-state index is 13.1. The van der Waals surface area contributed by atoms with E-state index in [1.54, 1.807) is 34.0 Å². The van der Waals surface area contributed by atoms with E-state index >= 15 is 0 Å². The van der Waals surface area contributed by atoms with Gasteiger partial charge in [-0.1, -0.05) is 29.3 Å². The Morgan fingerprint density at radius 1 is 0.793 bits per heavy atom. The fourth-order valence-electron chi connectivity index (χ4n) is 3.36. The smallest absolute Gasteiger partial charge is 0.258 e. The molecule has 8 heteroatoms. The molecule has 0 aliphatic rings. The third kappa shape index (κ3) is 3.54. The fourth-order valence-corrected chi connectivity index (χ4v) is 3.66. The lowest BCUT2D eigenvalue weighted by Gasteiger charge is -2.22. The van der Waals surface area contributed by atoms with E-state index in [0.717, 1.165) is 0 Å². The molecule has 0 unspecified atom stereocenters. The number of halogens is 2. The van der Waals surface area contributed by atoms with Crippen LogP contribution >= 0.6 is 23.2 Å². The highest BCUT2D eigenvalue weighted by atomic mass is 35.5. The van der Waals surface area contributed by atoms with Gasteiger partial charge in [0.2, 0.25) is 0 Å². The molecule has 0 saturated heterocycles. The molecule has 0 saturated carbocycles. The molecular formula is C21H20Cl2N2O4. The number of hydrogen-bond donors (Lipinski definition) is 2. The van der Waals surface area contributed by atoms with Gasteiger partial charge in [0.1, 0.15) is 11.5 Å². The zero-order chi connectivity index (χ0) is 21.6. The fraction of sp³-hybridized carbons (Fsp3) is 0.238. The monoisotopic (exact) mass is 434 g/mol. The number of benzene rings is 1. The van der Waals surface area contributed by atoms with Gasteiger partial charge in [0.05, 0.1) is 27.1 Å². The first-order valence-electron chi connectivity index (χ1n) is 8.78. The van der Waals surface area contributed by atoms with E-state index in [1.165, 1.54) is 33.4 Å². The highest BCUT2D eigenvalue weighted by Crippen LogP contribution is 2.39. The van der Waals surface area contributed by atoms with Crippen LogP contribution in [0.2, 0.25) is 10.0 Å². The molecule has 29 heavy (non-hydrogen) atoms. The summed E-state index contributed by atoms with van der Waals surface area (Å²) in [5.74, 6) is -1.60. The first kappa shape index (κ1) is 21.0. The molecule has 2 aromatic heterocycles. The van der Waals surface area contributed by atoms with E-state index in [2.05, 4.69) is 0 Å². The van der Waals surface area contributed by atoms with Crippen LogP contribution in [-0.4, -0.2) is 19.3 Å². The van der Waals surface area contributed by atoms with Crippen LogP contribution in [0.15, 0.2) is 39.9 Å². The summed E-state index contributed by atoms with van der Waals surface area (Å²) in [7, 11) is 3.14. The Morgan fingerprint density at radius 3 is 1.66 bits per heavy atom. The van der Waals surface area contributed by atoms with Gasteiger partial charge in [-0.25, -0.2) is 0 Å². The summed E-state index contributed by atoms with van der Waals surface area (Å²) in [5.41, 5.74) is 0.490. The maximum atomic E-state index is 13.1. The van der Waals surface area contributed by atoms with Crippen molar-refractivity contribution in [2.24, 2.45) is 14.1 Å². The molecule has 2 heterocycles. The van der Waals surface area contributed by atoms with Gasteiger partial charge in [-0.2, -0.15) is 0 Å². The second-order valence-corrected chi connectivity index (χ2v) is 7.82. The van der Waals surface area contributed by atoms with Gasteiger partial charge >= 0.3 is 0 Å². The van der Waals surface area contributed by atoms with Gasteiger partial charge in [-0.3, -0.25) is 9.59 Å². The quantitative estimate of drug-likeness (QED) is 0.659. The van der Waals surface area contributed by atoms with Crippen molar-refractivity contribution in [3.63, 3.8) is 0 Å². The Morgan fingerprint density at radius 2 is 1.24 bits per heavy atom. The molecule has 6 nitrogen and oxygen atoms in total. The molecule has 0 fully saturated rings. The summed E-state index contributed by atoms with van der Waals surface area (Å²) in [6, 6.07) is 7.55. The van der Waals surface area contributed by atoms with Crippen LogP contribution in [0.1, 0.15) is 34.0 Å². The summed E-state index contributed by atoms with van der Waals surface area (Å²) in [4.78, 5) is 26.2. The Kier molecular flexibility index (Phi) is 5.52. The number of nitrogens with zero attached hydrogens (tertiary/aromatic N) is 2. The second kappa shape index (κ2) is 7.61. The molecule has 0 amide bonds. The third-order valence-corrected chi connectivity index (χ3v) is 5.96. The molecular weight excluding hydrogens is 415 g/mol. The molecule has 0 aliphatic carbocycles. The molecule has 0 atom stereocenters. The van der Waals surface area contributed by atoms with E-state index in [1.807, 2.05) is 0 Å². The van der Waals surface area contributed by atoms with Crippen LogP contribution in [0.25, 0.3) is 0 Å². The topological polar surface area (TPSA) is 84.5 Å².